The number of nitrogens with zero attached hydrogens (tertiary/aromatic N) is 1. The van der Waals surface area contributed by atoms with Gasteiger partial charge in [-0.05, 0) is 92.3 Å². The summed E-state index contributed by atoms with van der Waals surface area (Å²) in [5.74, 6) is -0.335. The second-order valence-corrected chi connectivity index (χ2v) is 14.5. The zero-order chi connectivity index (χ0) is 30.7. The fraction of sp³-hybridized carbons (Fsp3) is 0.441. The first-order chi connectivity index (χ1) is 21.3. The minimum atomic E-state index is -3.74. The van der Waals surface area contributed by atoms with Gasteiger partial charge >= 0.3 is 0 Å². The van der Waals surface area contributed by atoms with Crippen LogP contribution < -0.4 is 10.6 Å². The summed E-state index contributed by atoms with van der Waals surface area (Å²) < 4.78 is 50.3. The quantitative estimate of drug-likeness (QED) is 0.278. The molecule has 1 aliphatic carbocycles. The van der Waals surface area contributed by atoms with Crippen LogP contribution in [0.4, 0.5) is 10.1 Å². The van der Waals surface area contributed by atoms with Gasteiger partial charge in [-0.2, -0.15) is 4.31 Å². The molecule has 2 N–H and O–H groups in total. The molecule has 234 valence electrons. The van der Waals surface area contributed by atoms with Crippen LogP contribution in [0.25, 0.3) is 0 Å². The molecule has 10 heteroatoms. The molecule has 1 unspecified atom stereocenters. The topological polar surface area (TPSA) is 87.7 Å². The Kier molecular flexibility index (Phi) is 9.40. The number of halogens is 2. The lowest BCUT2D eigenvalue weighted by Crippen LogP contribution is -2.61. The summed E-state index contributed by atoms with van der Waals surface area (Å²) in [6, 6.07) is 20.5. The first-order valence-electron chi connectivity index (χ1n) is 15.5. The van der Waals surface area contributed by atoms with Crippen LogP contribution in [-0.4, -0.2) is 56.5 Å². The van der Waals surface area contributed by atoms with Crippen molar-refractivity contribution >= 4 is 33.2 Å². The predicted molar refractivity (Wildman–Crippen MR) is 170 cm³/mol. The molecule has 0 bridgehead atoms. The Morgan fingerprint density at radius 3 is 2.48 bits per heavy atom. The molecule has 2 heterocycles. The summed E-state index contributed by atoms with van der Waals surface area (Å²) in [4.78, 5) is 13.8. The molecule has 2 saturated heterocycles. The SMILES string of the molecule is O=C(CC(c1ccc(Cl)cc1)C1CCOCC1)Nc1cccc(F)c1CC[C@H]1CNCC2(CC2)N1S(=O)(=O)c1ccccc1. The Morgan fingerprint density at radius 2 is 1.77 bits per heavy atom. The monoisotopic (exact) mass is 639 g/mol. The number of anilines is 1. The van der Waals surface area contributed by atoms with E-state index in [0.717, 1.165) is 31.2 Å². The van der Waals surface area contributed by atoms with Crippen molar-refractivity contribution in [2.75, 3.05) is 31.6 Å². The molecule has 0 radical (unpaired) electrons. The van der Waals surface area contributed by atoms with Crippen molar-refractivity contribution in [3.63, 3.8) is 0 Å². The summed E-state index contributed by atoms with van der Waals surface area (Å²) >= 11 is 6.14. The molecule has 0 aromatic heterocycles. The Balaban J connectivity index is 1.19. The molecular weight excluding hydrogens is 601 g/mol. The van der Waals surface area contributed by atoms with E-state index in [1.54, 1.807) is 46.8 Å². The molecule has 3 aromatic rings. The van der Waals surface area contributed by atoms with E-state index in [0.29, 0.717) is 49.0 Å². The third-order valence-corrected chi connectivity index (χ3v) is 11.7. The molecule has 1 spiro atoms. The van der Waals surface area contributed by atoms with Gasteiger partial charge in [0.15, 0.2) is 0 Å². The average Bonchev–Trinajstić information content (AvgIpc) is 3.79. The number of sulfonamides is 1. The standard InChI is InChI=1S/C34H39ClFN3O4S/c35-26-11-9-24(10-12-26)30(25-15-19-43-20-16-25)21-33(40)38-32-8-4-7-31(36)29(32)14-13-27-22-37-23-34(17-18-34)39(27)44(41,42)28-5-2-1-3-6-28/h1-12,25,27,30,37H,13-23H2,(H,38,40)/t27-,30?/m0/s1. The van der Waals surface area contributed by atoms with E-state index in [1.807, 2.05) is 24.3 Å². The number of nitrogens with one attached hydrogen (secondary N) is 2. The minimum Gasteiger partial charge on any atom is -0.381 e. The van der Waals surface area contributed by atoms with Crippen molar-refractivity contribution in [3.05, 3.63) is 94.8 Å². The summed E-state index contributed by atoms with van der Waals surface area (Å²) in [7, 11) is -3.74. The van der Waals surface area contributed by atoms with E-state index in [2.05, 4.69) is 10.6 Å². The summed E-state index contributed by atoms with van der Waals surface area (Å²) in [5.41, 5.74) is 1.43. The molecule has 7 nitrogen and oxygen atoms in total. The number of amides is 1. The van der Waals surface area contributed by atoms with E-state index in [4.69, 9.17) is 16.3 Å². The number of benzene rings is 3. The van der Waals surface area contributed by atoms with Gasteiger partial charge in [-0.1, -0.05) is 48.0 Å². The lowest BCUT2D eigenvalue weighted by atomic mass is 9.79. The van der Waals surface area contributed by atoms with Crippen LogP contribution in [0.3, 0.4) is 0 Å². The van der Waals surface area contributed by atoms with Gasteiger partial charge in [-0.25, -0.2) is 12.8 Å². The van der Waals surface area contributed by atoms with Crippen molar-refractivity contribution in [1.29, 1.82) is 0 Å². The summed E-state index contributed by atoms with van der Waals surface area (Å²) in [5, 5.41) is 7.07. The van der Waals surface area contributed by atoms with Crippen molar-refractivity contribution in [2.45, 2.75) is 67.3 Å². The zero-order valence-corrected chi connectivity index (χ0v) is 26.3. The fourth-order valence-corrected chi connectivity index (χ4v) is 9.15. The van der Waals surface area contributed by atoms with Crippen molar-refractivity contribution < 1.29 is 22.3 Å². The van der Waals surface area contributed by atoms with Crippen LogP contribution in [0.2, 0.25) is 5.02 Å². The van der Waals surface area contributed by atoms with Gasteiger partial charge in [0.2, 0.25) is 15.9 Å². The fourth-order valence-electron chi connectivity index (χ4n) is 6.96. The second-order valence-electron chi connectivity index (χ2n) is 12.3. The molecule has 2 aliphatic heterocycles. The molecule has 2 atom stereocenters. The summed E-state index contributed by atoms with van der Waals surface area (Å²) in [6.07, 6.45) is 4.28. The second kappa shape index (κ2) is 13.3. The number of hydrogen-bond acceptors (Lipinski definition) is 5. The zero-order valence-electron chi connectivity index (χ0n) is 24.7. The number of rotatable bonds is 10. The van der Waals surface area contributed by atoms with Gasteiger partial charge in [0, 0.05) is 60.6 Å². The van der Waals surface area contributed by atoms with E-state index in [1.165, 1.54) is 6.07 Å². The van der Waals surface area contributed by atoms with Crippen LogP contribution in [-0.2, 0) is 26.0 Å². The maximum Gasteiger partial charge on any atom is 0.243 e. The Morgan fingerprint density at radius 1 is 1.05 bits per heavy atom. The lowest BCUT2D eigenvalue weighted by molar-refractivity contribution is -0.117. The minimum absolute atomic E-state index is 0.0204. The van der Waals surface area contributed by atoms with Gasteiger partial charge in [0.25, 0.3) is 0 Å². The van der Waals surface area contributed by atoms with Gasteiger partial charge in [-0.15, -0.1) is 0 Å². The third kappa shape index (κ3) is 6.72. The highest BCUT2D eigenvalue weighted by atomic mass is 35.5. The number of carbonyl (C=O) groups excluding carboxylic acids is 1. The largest absolute Gasteiger partial charge is 0.381 e. The van der Waals surface area contributed by atoms with Gasteiger partial charge in [-0.3, -0.25) is 4.79 Å². The Labute approximate surface area is 264 Å². The van der Waals surface area contributed by atoms with Crippen molar-refractivity contribution in [2.24, 2.45) is 5.92 Å². The molecule has 1 amide bonds. The third-order valence-electron chi connectivity index (χ3n) is 9.42. The lowest BCUT2D eigenvalue weighted by Gasteiger charge is -2.42. The molecule has 1 saturated carbocycles. The average molecular weight is 640 g/mol. The van der Waals surface area contributed by atoms with E-state index < -0.39 is 21.4 Å². The normalized spacial score (nSPS) is 21.2. The number of carbonyl (C=O) groups is 1. The van der Waals surface area contributed by atoms with E-state index in [-0.39, 0.29) is 41.5 Å². The Hall–Kier alpha value is -2.82. The van der Waals surface area contributed by atoms with Crippen LogP contribution in [0.15, 0.2) is 77.7 Å². The van der Waals surface area contributed by atoms with E-state index in [9.17, 15) is 13.2 Å². The van der Waals surface area contributed by atoms with Crippen LogP contribution in [0.5, 0.6) is 0 Å². The molecule has 6 rings (SSSR count). The highest BCUT2D eigenvalue weighted by Gasteiger charge is 2.57. The first kappa shape index (κ1) is 31.2. The molecular formula is C34H39ClFN3O4S. The molecule has 3 aromatic carbocycles. The van der Waals surface area contributed by atoms with Crippen LogP contribution >= 0.6 is 11.6 Å². The van der Waals surface area contributed by atoms with Gasteiger partial charge in [0.1, 0.15) is 5.82 Å². The first-order valence-corrected chi connectivity index (χ1v) is 17.3. The van der Waals surface area contributed by atoms with Gasteiger partial charge in [0.05, 0.1) is 4.90 Å². The van der Waals surface area contributed by atoms with Crippen LogP contribution in [0.1, 0.15) is 55.6 Å². The predicted octanol–water partition coefficient (Wildman–Crippen LogP) is 6.15. The molecule has 44 heavy (non-hydrogen) atoms. The van der Waals surface area contributed by atoms with E-state index >= 15 is 4.39 Å². The van der Waals surface area contributed by atoms with Crippen molar-refractivity contribution in [1.82, 2.24) is 9.62 Å². The highest BCUT2D eigenvalue weighted by Crippen LogP contribution is 2.47. The highest BCUT2D eigenvalue weighted by molar-refractivity contribution is 7.89. The maximum atomic E-state index is 15.3. The smallest absolute Gasteiger partial charge is 0.243 e. The maximum absolute atomic E-state index is 15.3. The number of hydrogen-bond donors (Lipinski definition) is 2. The van der Waals surface area contributed by atoms with Gasteiger partial charge < -0.3 is 15.4 Å². The van der Waals surface area contributed by atoms with Crippen LogP contribution in [0, 0.1) is 11.7 Å². The summed E-state index contributed by atoms with van der Waals surface area (Å²) in [6.45, 7) is 2.42. The van der Waals surface area contributed by atoms with Crippen molar-refractivity contribution in [3.8, 4) is 0 Å². The molecule has 3 aliphatic rings. The number of piperazine rings is 1. The number of ether oxygens (including phenoxy) is 1. The molecule has 3 fully saturated rings. The Bertz CT molecular complexity index is 1560.